The van der Waals surface area contributed by atoms with Gasteiger partial charge in [0.15, 0.2) is 0 Å². The summed E-state index contributed by atoms with van der Waals surface area (Å²) in [5, 5.41) is 12.4. The number of anilines is 2. The molecule has 0 aliphatic carbocycles. The number of nitrogens with one attached hydrogen (secondary N) is 2. The zero-order valence-electron chi connectivity index (χ0n) is 28.6. The summed E-state index contributed by atoms with van der Waals surface area (Å²) in [6.45, 7) is 14.6. The molecular formula is C34H46FN7O4SSi. The van der Waals surface area contributed by atoms with Crippen molar-refractivity contribution in [2.24, 2.45) is 0 Å². The molecule has 0 saturated carbocycles. The third-order valence-corrected chi connectivity index (χ3v) is 10.3. The Morgan fingerprint density at radius 3 is 2.69 bits per heavy atom. The number of aromatic nitrogens is 4. The van der Waals surface area contributed by atoms with Gasteiger partial charge in [-0.25, -0.2) is 14.2 Å². The molecule has 1 saturated heterocycles. The number of alkyl carbamates (subject to hydrolysis) is 1. The normalized spacial score (nSPS) is 15.4. The van der Waals surface area contributed by atoms with Gasteiger partial charge >= 0.3 is 6.09 Å². The number of amides is 2. The lowest BCUT2D eigenvalue weighted by molar-refractivity contribution is 0.0500. The van der Waals surface area contributed by atoms with Gasteiger partial charge in [0.1, 0.15) is 18.1 Å². The van der Waals surface area contributed by atoms with Crippen molar-refractivity contribution >= 4 is 42.8 Å². The monoisotopic (exact) mass is 695 g/mol. The lowest BCUT2D eigenvalue weighted by Gasteiger charge is -2.36. The van der Waals surface area contributed by atoms with Crippen molar-refractivity contribution in [2.45, 2.75) is 84.2 Å². The topological polar surface area (TPSA) is 116 Å². The fraction of sp³-hybridized carbons (Fsp3) is 0.471. The van der Waals surface area contributed by atoms with Gasteiger partial charge in [-0.2, -0.15) is 5.10 Å². The zero-order valence-corrected chi connectivity index (χ0v) is 30.4. The molecule has 0 spiro atoms. The van der Waals surface area contributed by atoms with Crippen molar-refractivity contribution in [1.29, 1.82) is 0 Å². The van der Waals surface area contributed by atoms with Crippen LogP contribution in [-0.4, -0.2) is 70.7 Å². The second kappa shape index (κ2) is 15.0. The van der Waals surface area contributed by atoms with E-state index in [2.05, 4.69) is 41.4 Å². The number of carbonyl (C=O) groups excluding carboxylic acids is 2. The van der Waals surface area contributed by atoms with E-state index in [1.54, 1.807) is 61.2 Å². The first-order valence-corrected chi connectivity index (χ1v) is 20.9. The Balaban J connectivity index is 1.36. The van der Waals surface area contributed by atoms with E-state index in [0.717, 1.165) is 24.4 Å². The van der Waals surface area contributed by atoms with Crippen LogP contribution in [0.25, 0.3) is 11.3 Å². The van der Waals surface area contributed by atoms with Crippen molar-refractivity contribution in [1.82, 2.24) is 24.6 Å². The Bertz CT molecular complexity index is 1690. The van der Waals surface area contributed by atoms with Gasteiger partial charge in [0, 0.05) is 56.6 Å². The summed E-state index contributed by atoms with van der Waals surface area (Å²) in [5.74, 6) is -0.821. The molecule has 1 aliphatic heterocycles. The largest absolute Gasteiger partial charge is 0.444 e. The Kier molecular flexibility index (Phi) is 11.1. The van der Waals surface area contributed by atoms with Crippen LogP contribution in [0.2, 0.25) is 25.7 Å². The molecule has 14 heteroatoms. The number of para-hydroxylation sites is 1. The minimum atomic E-state index is -1.32. The van der Waals surface area contributed by atoms with Gasteiger partial charge in [-0.15, -0.1) is 11.3 Å². The molecule has 3 aromatic heterocycles. The van der Waals surface area contributed by atoms with Crippen molar-refractivity contribution < 1.29 is 23.5 Å². The first kappa shape index (κ1) is 35.3. The Morgan fingerprint density at radius 1 is 1.15 bits per heavy atom. The predicted octanol–water partition coefficient (Wildman–Crippen LogP) is 7.05. The number of imidazole rings is 1. The molecule has 2 N–H and O–H groups in total. The van der Waals surface area contributed by atoms with Crippen LogP contribution in [0.5, 0.6) is 0 Å². The number of piperidine rings is 1. The van der Waals surface area contributed by atoms with Gasteiger partial charge in [0.05, 0.1) is 29.8 Å². The number of ether oxygens (including phenoxy) is 2. The zero-order chi connectivity index (χ0) is 34.5. The number of nitrogens with zero attached hydrogens (tertiary/aromatic N) is 5. The SMILES string of the molecule is CC(C)(C)OC(=O)N[C@@H]1CCCN(c2c(F)cccc2NC(=O)c2nc(-c3cnn(Cc4cccs4)c3)cn2COCC[Si](C)(C)C)C1. The van der Waals surface area contributed by atoms with E-state index in [1.165, 1.54) is 10.9 Å². The second-order valence-electron chi connectivity index (χ2n) is 14.3. The Labute approximate surface area is 286 Å². The van der Waals surface area contributed by atoms with E-state index in [4.69, 9.17) is 14.5 Å². The van der Waals surface area contributed by atoms with Crippen LogP contribution in [-0.2, 0) is 22.7 Å². The van der Waals surface area contributed by atoms with E-state index < -0.39 is 31.5 Å². The molecule has 2 amide bonds. The van der Waals surface area contributed by atoms with Crippen LogP contribution < -0.4 is 15.5 Å². The Hall–Kier alpha value is -4.01. The molecule has 1 fully saturated rings. The molecule has 48 heavy (non-hydrogen) atoms. The fourth-order valence-corrected chi connectivity index (χ4v) is 6.86. The molecule has 258 valence electrons. The van der Waals surface area contributed by atoms with E-state index in [0.29, 0.717) is 37.6 Å². The molecule has 0 unspecified atom stereocenters. The lowest BCUT2D eigenvalue weighted by Crippen LogP contribution is -2.49. The Morgan fingerprint density at radius 2 is 1.96 bits per heavy atom. The minimum Gasteiger partial charge on any atom is -0.444 e. The molecule has 4 aromatic rings. The molecule has 0 radical (unpaired) electrons. The van der Waals surface area contributed by atoms with Crippen molar-refractivity contribution in [3.8, 4) is 11.3 Å². The van der Waals surface area contributed by atoms with E-state index >= 15 is 4.39 Å². The molecular weight excluding hydrogens is 650 g/mol. The van der Waals surface area contributed by atoms with Crippen LogP contribution in [0.3, 0.4) is 0 Å². The number of hydrogen-bond donors (Lipinski definition) is 2. The summed E-state index contributed by atoms with van der Waals surface area (Å²) in [6, 6.07) is 9.42. The number of benzene rings is 1. The highest BCUT2D eigenvalue weighted by Gasteiger charge is 2.28. The summed E-state index contributed by atoms with van der Waals surface area (Å²) in [4.78, 5) is 34.1. The molecule has 4 heterocycles. The maximum atomic E-state index is 15.5. The van der Waals surface area contributed by atoms with Gasteiger partial charge in [-0.3, -0.25) is 9.48 Å². The molecule has 1 atom stereocenters. The summed E-state index contributed by atoms with van der Waals surface area (Å²) >= 11 is 1.66. The van der Waals surface area contributed by atoms with Crippen molar-refractivity contribution in [2.75, 3.05) is 29.9 Å². The highest BCUT2D eigenvalue weighted by Crippen LogP contribution is 2.32. The third-order valence-electron chi connectivity index (χ3n) is 7.73. The first-order chi connectivity index (χ1) is 22.7. The number of carbonyl (C=O) groups is 2. The van der Waals surface area contributed by atoms with Crippen LogP contribution in [0.4, 0.5) is 20.6 Å². The van der Waals surface area contributed by atoms with Crippen molar-refractivity contribution in [3.63, 3.8) is 0 Å². The summed E-state index contributed by atoms with van der Waals surface area (Å²) < 4.78 is 30.5. The van der Waals surface area contributed by atoms with E-state index in [1.807, 2.05) is 27.2 Å². The van der Waals surface area contributed by atoms with Gasteiger partial charge in [0.25, 0.3) is 5.91 Å². The standard InChI is InChI=1S/C34H46FN7O4SSi/c1-34(2,3)46-33(44)37-25-10-8-14-40(20-25)30-27(35)12-7-13-28(30)39-32(43)31-38-29(22-41(31)23-45-15-17-48(4,5)6)24-18-36-42(19-24)21-26-11-9-16-47-26/h7,9,11-13,16,18-19,22,25H,8,10,14-15,17,20-21,23H2,1-6H3,(H,37,44)(H,39,43)/t25-/m1/s1. The van der Waals surface area contributed by atoms with Crippen LogP contribution in [0.15, 0.2) is 54.3 Å². The van der Waals surface area contributed by atoms with E-state index in [9.17, 15) is 9.59 Å². The number of hydrogen-bond acceptors (Lipinski definition) is 8. The van der Waals surface area contributed by atoms with Crippen LogP contribution >= 0.6 is 11.3 Å². The van der Waals surface area contributed by atoms with Gasteiger partial charge in [0.2, 0.25) is 5.82 Å². The quantitative estimate of drug-likeness (QED) is 0.121. The van der Waals surface area contributed by atoms with Gasteiger partial charge in [-0.05, 0) is 63.2 Å². The minimum absolute atomic E-state index is 0.141. The summed E-state index contributed by atoms with van der Waals surface area (Å²) in [7, 11) is -1.32. The average Bonchev–Trinajstić information content (AvgIpc) is 3.76. The van der Waals surface area contributed by atoms with Crippen LogP contribution in [0.1, 0.15) is 49.1 Å². The van der Waals surface area contributed by atoms with E-state index in [-0.39, 0.29) is 24.3 Å². The number of halogens is 1. The summed E-state index contributed by atoms with van der Waals surface area (Å²) in [6.07, 6.45) is 6.38. The van der Waals surface area contributed by atoms with Gasteiger partial charge < -0.3 is 29.6 Å². The number of thiophene rings is 1. The first-order valence-electron chi connectivity index (χ1n) is 16.3. The number of rotatable bonds is 12. The second-order valence-corrected chi connectivity index (χ2v) is 20.9. The maximum absolute atomic E-state index is 15.5. The maximum Gasteiger partial charge on any atom is 0.407 e. The van der Waals surface area contributed by atoms with Crippen LogP contribution in [0, 0.1) is 5.82 Å². The highest BCUT2D eigenvalue weighted by atomic mass is 32.1. The lowest BCUT2D eigenvalue weighted by atomic mass is 10.0. The summed E-state index contributed by atoms with van der Waals surface area (Å²) in [5.41, 5.74) is 1.30. The van der Waals surface area contributed by atoms with Gasteiger partial charge in [-0.1, -0.05) is 31.8 Å². The molecule has 1 aromatic carbocycles. The molecule has 11 nitrogen and oxygen atoms in total. The van der Waals surface area contributed by atoms with Crippen molar-refractivity contribution in [3.05, 3.63) is 70.8 Å². The molecule has 0 bridgehead atoms. The molecule has 1 aliphatic rings. The smallest absolute Gasteiger partial charge is 0.407 e. The molecule has 5 rings (SSSR count). The third kappa shape index (κ3) is 9.77. The highest BCUT2D eigenvalue weighted by molar-refractivity contribution is 7.09. The fourth-order valence-electron chi connectivity index (χ4n) is 5.41. The predicted molar refractivity (Wildman–Crippen MR) is 190 cm³/mol. The average molecular weight is 696 g/mol.